The molecule has 0 bridgehead atoms. The molecule has 0 radical (unpaired) electrons. The summed E-state index contributed by atoms with van der Waals surface area (Å²) in [6.07, 6.45) is 0. The summed E-state index contributed by atoms with van der Waals surface area (Å²) in [5.41, 5.74) is -0.158. The fourth-order valence-electron chi connectivity index (χ4n) is 1.27. The Bertz CT molecular complexity index is 584. The molecule has 2 aromatic rings. The van der Waals surface area contributed by atoms with Gasteiger partial charge in [-0.15, -0.1) is 23.1 Å². The van der Waals surface area contributed by atoms with Crippen LogP contribution in [0, 0.1) is 0 Å². The van der Waals surface area contributed by atoms with Crippen LogP contribution in [0.25, 0.3) is 0 Å². The summed E-state index contributed by atoms with van der Waals surface area (Å²) in [5, 5.41) is 14.6. The van der Waals surface area contributed by atoms with E-state index in [-0.39, 0.29) is 5.41 Å². The Kier molecular flexibility index (Phi) is 3.96. The van der Waals surface area contributed by atoms with Gasteiger partial charge in [0, 0.05) is 15.7 Å². The summed E-state index contributed by atoms with van der Waals surface area (Å²) in [5.74, 6) is 0.902. The third kappa shape index (κ3) is 3.57. The number of thiophene rings is 1. The number of carbonyl (C=O) groups is 1. The molecule has 5 nitrogen and oxygen atoms in total. The van der Waals surface area contributed by atoms with E-state index in [1.807, 2.05) is 26.2 Å². The Morgan fingerprint density at radius 2 is 2.26 bits per heavy atom. The highest BCUT2D eigenvalue weighted by molar-refractivity contribution is 7.98. The lowest BCUT2D eigenvalue weighted by atomic mass is 9.97. The summed E-state index contributed by atoms with van der Waals surface area (Å²) >= 11 is 2.72. The molecule has 1 N–H and O–H groups in total. The number of carboxylic acids is 1. The highest BCUT2D eigenvalue weighted by Gasteiger charge is 2.21. The topological polar surface area (TPSA) is 76.2 Å². The first kappa shape index (κ1) is 14.1. The van der Waals surface area contributed by atoms with Crippen molar-refractivity contribution in [3.8, 4) is 0 Å². The van der Waals surface area contributed by atoms with E-state index in [0.717, 1.165) is 4.90 Å². The van der Waals surface area contributed by atoms with Crippen molar-refractivity contribution in [1.29, 1.82) is 0 Å². The molecule has 0 spiro atoms. The smallest absolute Gasteiger partial charge is 0.345 e. The van der Waals surface area contributed by atoms with Crippen molar-refractivity contribution in [2.24, 2.45) is 0 Å². The highest BCUT2D eigenvalue weighted by atomic mass is 32.2. The van der Waals surface area contributed by atoms with Crippen molar-refractivity contribution >= 4 is 29.1 Å². The second kappa shape index (κ2) is 5.34. The molecule has 2 heterocycles. The maximum Gasteiger partial charge on any atom is 0.345 e. The molecule has 0 aliphatic carbocycles. The standard InChI is InChI=1S/C12H14N2O3S2/c1-12(2,3)11-13-9(14-17-11)6-18-7-4-8(10(15)16)19-5-7/h4-5H,6H2,1-3H3,(H,15,16). The van der Waals surface area contributed by atoms with Crippen LogP contribution in [0.5, 0.6) is 0 Å². The second-order valence-corrected chi connectivity index (χ2v) is 6.97. The van der Waals surface area contributed by atoms with Gasteiger partial charge in [-0.2, -0.15) is 4.98 Å². The van der Waals surface area contributed by atoms with Crippen LogP contribution in [0.2, 0.25) is 0 Å². The zero-order valence-electron chi connectivity index (χ0n) is 10.8. The maximum absolute atomic E-state index is 10.8. The number of aromatic nitrogens is 2. The van der Waals surface area contributed by atoms with Crippen molar-refractivity contribution in [3.63, 3.8) is 0 Å². The number of nitrogens with zero attached hydrogens (tertiary/aromatic N) is 2. The zero-order chi connectivity index (χ0) is 14.0. The number of hydrogen-bond acceptors (Lipinski definition) is 6. The van der Waals surface area contributed by atoms with Gasteiger partial charge in [0.15, 0.2) is 5.82 Å². The molecule has 2 rings (SSSR count). The first-order valence-electron chi connectivity index (χ1n) is 5.64. The summed E-state index contributed by atoms with van der Waals surface area (Å²) in [7, 11) is 0. The average Bonchev–Trinajstić information content (AvgIpc) is 2.95. The van der Waals surface area contributed by atoms with Crippen molar-refractivity contribution in [2.45, 2.75) is 36.8 Å². The molecule has 0 fully saturated rings. The van der Waals surface area contributed by atoms with Gasteiger partial charge in [-0.3, -0.25) is 0 Å². The third-order valence-electron chi connectivity index (χ3n) is 2.26. The van der Waals surface area contributed by atoms with E-state index in [9.17, 15) is 4.79 Å². The minimum Gasteiger partial charge on any atom is -0.477 e. The van der Waals surface area contributed by atoms with E-state index in [1.165, 1.54) is 23.1 Å². The van der Waals surface area contributed by atoms with Gasteiger partial charge in [0.25, 0.3) is 0 Å². The SMILES string of the molecule is CC(C)(C)c1nc(CSc2csc(C(=O)O)c2)no1. The Morgan fingerprint density at radius 1 is 1.53 bits per heavy atom. The first-order valence-corrected chi connectivity index (χ1v) is 7.50. The van der Waals surface area contributed by atoms with Crippen molar-refractivity contribution in [3.05, 3.63) is 28.0 Å². The highest BCUT2D eigenvalue weighted by Crippen LogP contribution is 2.28. The van der Waals surface area contributed by atoms with Gasteiger partial charge in [0.2, 0.25) is 5.89 Å². The van der Waals surface area contributed by atoms with Gasteiger partial charge in [-0.25, -0.2) is 4.79 Å². The van der Waals surface area contributed by atoms with Crippen molar-refractivity contribution < 1.29 is 14.4 Å². The monoisotopic (exact) mass is 298 g/mol. The molecule has 0 saturated heterocycles. The van der Waals surface area contributed by atoms with Crippen molar-refractivity contribution in [1.82, 2.24) is 10.1 Å². The quantitative estimate of drug-likeness (QED) is 0.872. The predicted molar refractivity (Wildman–Crippen MR) is 73.8 cm³/mol. The molecule has 0 aliphatic rings. The van der Waals surface area contributed by atoms with Crippen LogP contribution in [0.3, 0.4) is 0 Å². The van der Waals surface area contributed by atoms with E-state index >= 15 is 0 Å². The van der Waals surface area contributed by atoms with E-state index in [0.29, 0.717) is 22.3 Å². The molecule has 2 aromatic heterocycles. The lowest BCUT2D eigenvalue weighted by Gasteiger charge is -2.10. The lowest BCUT2D eigenvalue weighted by Crippen LogP contribution is -2.11. The lowest BCUT2D eigenvalue weighted by molar-refractivity contribution is 0.0702. The molecule has 7 heteroatoms. The molecule has 0 amide bonds. The molecule has 0 unspecified atom stereocenters. The van der Waals surface area contributed by atoms with Gasteiger partial charge in [0.05, 0.1) is 5.75 Å². The fraction of sp³-hybridized carbons (Fsp3) is 0.417. The molecular formula is C12H14N2O3S2. The van der Waals surface area contributed by atoms with Crippen LogP contribution < -0.4 is 0 Å². The largest absolute Gasteiger partial charge is 0.477 e. The van der Waals surface area contributed by atoms with Crippen LogP contribution >= 0.6 is 23.1 Å². The minimum absolute atomic E-state index is 0.158. The Hall–Kier alpha value is -1.34. The van der Waals surface area contributed by atoms with Gasteiger partial charge in [-0.05, 0) is 6.07 Å². The molecule has 102 valence electrons. The molecular weight excluding hydrogens is 284 g/mol. The Labute approximate surface area is 119 Å². The fourth-order valence-corrected chi connectivity index (χ4v) is 2.98. The molecule has 0 aliphatic heterocycles. The predicted octanol–water partition coefficient (Wildman–Crippen LogP) is 3.42. The van der Waals surface area contributed by atoms with Crippen LogP contribution in [0.1, 0.15) is 42.2 Å². The van der Waals surface area contributed by atoms with E-state index in [2.05, 4.69) is 10.1 Å². The summed E-state index contributed by atoms with van der Waals surface area (Å²) in [6.45, 7) is 6.03. The van der Waals surface area contributed by atoms with Crippen molar-refractivity contribution in [2.75, 3.05) is 0 Å². The normalized spacial score (nSPS) is 11.7. The van der Waals surface area contributed by atoms with Crippen LogP contribution in [0.15, 0.2) is 20.9 Å². The maximum atomic E-state index is 10.8. The van der Waals surface area contributed by atoms with E-state index in [4.69, 9.17) is 9.63 Å². The van der Waals surface area contributed by atoms with Crippen LogP contribution in [0.4, 0.5) is 0 Å². The second-order valence-electron chi connectivity index (χ2n) is 5.01. The molecule has 19 heavy (non-hydrogen) atoms. The number of rotatable bonds is 4. The number of hydrogen-bond donors (Lipinski definition) is 1. The summed E-state index contributed by atoms with van der Waals surface area (Å²) in [4.78, 5) is 16.3. The molecule has 0 saturated carbocycles. The van der Waals surface area contributed by atoms with Gasteiger partial charge >= 0.3 is 5.97 Å². The first-order chi connectivity index (χ1) is 8.86. The third-order valence-corrected chi connectivity index (χ3v) is 4.30. The summed E-state index contributed by atoms with van der Waals surface area (Å²) < 4.78 is 5.19. The average molecular weight is 298 g/mol. The number of carboxylic acid groups (broad SMARTS) is 1. The number of aromatic carboxylic acids is 1. The molecule has 0 aromatic carbocycles. The zero-order valence-corrected chi connectivity index (χ0v) is 12.5. The Morgan fingerprint density at radius 3 is 2.79 bits per heavy atom. The molecule has 0 atom stereocenters. The number of thioether (sulfide) groups is 1. The van der Waals surface area contributed by atoms with E-state index in [1.54, 1.807) is 6.07 Å². The minimum atomic E-state index is -0.897. The van der Waals surface area contributed by atoms with E-state index < -0.39 is 5.97 Å². The van der Waals surface area contributed by atoms with Gasteiger partial charge in [-0.1, -0.05) is 25.9 Å². The Balaban J connectivity index is 1.98. The van der Waals surface area contributed by atoms with Gasteiger partial charge < -0.3 is 9.63 Å². The van der Waals surface area contributed by atoms with Crippen LogP contribution in [-0.4, -0.2) is 21.2 Å². The van der Waals surface area contributed by atoms with Gasteiger partial charge in [0.1, 0.15) is 4.88 Å². The van der Waals surface area contributed by atoms with Crippen LogP contribution in [-0.2, 0) is 11.2 Å². The summed E-state index contributed by atoms with van der Waals surface area (Å²) in [6, 6.07) is 1.66.